The fraction of sp³-hybridized carbons (Fsp3) is 0.462. The summed E-state index contributed by atoms with van der Waals surface area (Å²) in [6.45, 7) is 1.65. The standard InChI is InChI=1S/C13H19Cl2N3OS/c1-18(5-6-20-2)4-3-12(19)17-13-10(14)7-9(16)8-11(13)15/h7-8H,3-6,16H2,1-2H3,(H,17,19). The molecular formula is C13H19Cl2N3OS. The van der Waals surface area contributed by atoms with Crippen molar-refractivity contribution >= 4 is 52.2 Å². The molecule has 0 radical (unpaired) electrons. The highest BCUT2D eigenvalue weighted by atomic mass is 35.5. The summed E-state index contributed by atoms with van der Waals surface area (Å²) in [5.41, 5.74) is 6.50. The van der Waals surface area contributed by atoms with E-state index in [1.54, 1.807) is 23.9 Å². The lowest BCUT2D eigenvalue weighted by Crippen LogP contribution is -2.26. The summed E-state index contributed by atoms with van der Waals surface area (Å²) in [5.74, 6) is 0.933. The van der Waals surface area contributed by atoms with Gasteiger partial charge < -0.3 is 16.0 Å². The van der Waals surface area contributed by atoms with Crippen LogP contribution in [0.25, 0.3) is 0 Å². The largest absolute Gasteiger partial charge is 0.399 e. The van der Waals surface area contributed by atoms with Gasteiger partial charge in [0.1, 0.15) is 0 Å². The van der Waals surface area contributed by atoms with E-state index in [0.717, 1.165) is 12.3 Å². The van der Waals surface area contributed by atoms with Gasteiger partial charge in [-0.1, -0.05) is 23.2 Å². The molecule has 1 aromatic rings. The number of nitrogens with two attached hydrogens (primary N) is 1. The first-order chi connectivity index (χ1) is 9.43. The van der Waals surface area contributed by atoms with Crippen LogP contribution in [0.15, 0.2) is 12.1 Å². The van der Waals surface area contributed by atoms with E-state index in [1.165, 1.54) is 0 Å². The van der Waals surface area contributed by atoms with Crippen LogP contribution in [0.5, 0.6) is 0 Å². The normalized spacial score (nSPS) is 10.8. The van der Waals surface area contributed by atoms with E-state index in [1.807, 2.05) is 7.05 Å². The zero-order valence-electron chi connectivity index (χ0n) is 11.6. The van der Waals surface area contributed by atoms with Gasteiger partial charge in [-0.05, 0) is 25.4 Å². The summed E-state index contributed by atoms with van der Waals surface area (Å²) in [7, 11) is 1.99. The van der Waals surface area contributed by atoms with Gasteiger partial charge >= 0.3 is 0 Å². The Bertz CT molecular complexity index is 448. The molecule has 0 unspecified atom stereocenters. The zero-order chi connectivity index (χ0) is 15.1. The molecule has 0 aliphatic rings. The smallest absolute Gasteiger partial charge is 0.225 e. The van der Waals surface area contributed by atoms with Crippen molar-refractivity contribution in [1.82, 2.24) is 4.90 Å². The topological polar surface area (TPSA) is 58.4 Å². The number of hydrogen-bond donors (Lipinski definition) is 2. The first kappa shape index (κ1) is 17.4. The van der Waals surface area contributed by atoms with Gasteiger partial charge in [0, 0.05) is 31.0 Å². The minimum Gasteiger partial charge on any atom is -0.399 e. The lowest BCUT2D eigenvalue weighted by atomic mass is 10.2. The number of nitrogen functional groups attached to an aromatic ring is 1. The fourth-order valence-corrected chi connectivity index (χ4v) is 2.66. The Kier molecular flexibility index (Phi) is 7.51. The summed E-state index contributed by atoms with van der Waals surface area (Å²) >= 11 is 13.8. The molecule has 0 aromatic heterocycles. The molecule has 0 saturated carbocycles. The Labute approximate surface area is 134 Å². The molecule has 20 heavy (non-hydrogen) atoms. The number of carbonyl (C=O) groups is 1. The van der Waals surface area contributed by atoms with Crippen molar-refractivity contribution < 1.29 is 4.79 Å². The van der Waals surface area contributed by atoms with Crippen molar-refractivity contribution in [2.24, 2.45) is 0 Å². The zero-order valence-corrected chi connectivity index (χ0v) is 13.9. The number of halogens is 2. The van der Waals surface area contributed by atoms with Crippen molar-refractivity contribution in [2.45, 2.75) is 6.42 Å². The van der Waals surface area contributed by atoms with Crippen molar-refractivity contribution in [3.63, 3.8) is 0 Å². The SMILES string of the molecule is CSCCN(C)CCC(=O)Nc1c(Cl)cc(N)cc1Cl. The van der Waals surface area contributed by atoms with Crippen LogP contribution in [0, 0.1) is 0 Å². The number of rotatable bonds is 7. The molecule has 4 nitrogen and oxygen atoms in total. The minimum atomic E-state index is -0.116. The maximum Gasteiger partial charge on any atom is 0.225 e. The van der Waals surface area contributed by atoms with E-state index in [4.69, 9.17) is 28.9 Å². The summed E-state index contributed by atoms with van der Waals surface area (Å²) in [6, 6.07) is 3.13. The summed E-state index contributed by atoms with van der Waals surface area (Å²) in [4.78, 5) is 14.0. The van der Waals surface area contributed by atoms with Gasteiger partial charge in [-0.15, -0.1) is 0 Å². The second-order valence-electron chi connectivity index (χ2n) is 4.45. The first-order valence-corrected chi connectivity index (χ1v) is 8.31. The lowest BCUT2D eigenvalue weighted by Gasteiger charge is -2.16. The maximum absolute atomic E-state index is 11.9. The molecule has 112 valence electrons. The predicted molar refractivity (Wildman–Crippen MR) is 90.0 cm³/mol. The summed E-state index contributed by atoms with van der Waals surface area (Å²) < 4.78 is 0. The summed E-state index contributed by atoms with van der Waals surface area (Å²) in [5, 5.41) is 3.42. The van der Waals surface area contributed by atoms with Gasteiger partial charge in [0.2, 0.25) is 5.91 Å². The van der Waals surface area contributed by atoms with Crippen LogP contribution in [-0.2, 0) is 4.79 Å². The number of nitrogens with zero attached hydrogens (tertiary/aromatic N) is 1. The Balaban J connectivity index is 2.51. The van der Waals surface area contributed by atoms with Crippen molar-refractivity contribution in [3.8, 4) is 0 Å². The number of carbonyl (C=O) groups excluding carboxylic acids is 1. The Morgan fingerprint density at radius 2 is 1.95 bits per heavy atom. The monoisotopic (exact) mass is 335 g/mol. The molecule has 1 rings (SSSR count). The molecule has 0 atom stereocenters. The van der Waals surface area contributed by atoms with Gasteiger partial charge in [0.05, 0.1) is 15.7 Å². The predicted octanol–water partition coefficient (Wildman–Crippen LogP) is 3.20. The molecule has 0 aliphatic carbocycles. The third kappa shape index (κ3) is 5.79. The van der Waals surface area contributed by atoms with E-state index in [-0.39, 0.29) is 5.91 Å². The van der Waals surface area contributed by atoms with Crippen molar-refractivity contribution in [2.75, 3.05) is 43.2 Å². The molecule has 0 bridgehead atoms. The van der Waals surface area contributed by atoms with Gasteiger partial charge in [0.15, 0.2) is 0 Å². The minimum absolute atomic E-state index is 0.116. The Hall–Kier alpha value is -0.620. The van der Waals surface area contributed by atoms with E-state index in [0.29, 0.717) is 34.4 Å². The Morgan fingerprint density at radius 1 is 1.35 bits per heavy atom. The van der Waals surface area contributed by atoms with Crippen molar-refractivity contribution in [3.05, 3.63) is 22.2 Å². The number of thioether (sulfide) groups is 1. The number of anilines is 2. The number of nitrogens with one attached hydrogen (secondary N) is 1. The molecule has 0 aliphatic heterocycles. The van der Waals surface area contributed by atoms with Gasteiger partial charge in [-0.25, -0.2) is 0 Å². The molecular weight excluding hydrogens is 317 g/mol. The summed E-state index contributed by atoms with van der Waals surface area (Å²) in [6.07, 6.45) is 2.45. The van der Waals surface area contributed by atoms with Crippen LogP contribution in [-0.4, -0.2) is 43.0 Å². The second-order valence-corrected chi connectivity index (χ2v) is 6.25. The van der Waals surface area contributed by atoms with Crippen molar-refractivity contribution in [1.29, 1.82) is 0 Å². The van der Waals surface area contributed by atoms with Crippen LogP contribution >= 0.6 is 35.0 Å². The van der Waals surface area contributed by atoms with E-state index >= 15 is 0 Å². The fourth-order valence-electron chi connectivity index (χ4n) is 1.57. The quantitative estimate of drug-likeness (QED) is 0.751. The number of benzene rings is 1. The van der Waals surface area contributed by atoms with Gasteiger partial charge in [-0.3, -0.25) is 4.79 Å². The van der Waals surface area contributed by atoms with E-state index in [9.17, 15) is 4.79 Å². The third-order valence-electron chi connectivity index (χ3n) is 2.73. The molecule has 0 heterocycles. The molecule has 0 saturated heterocycles. The average molecular weight is 336 g/mol. The highest BCUT2D eigenvalue weighted by Gasteiger charge is 2.11. The molecule has 1 amide bonds. The van der Waals surface area contributed by atoms with Crippen LogP contribution in [0.3, 0.4) is 0 Å². The second kappa shape index (κ2) is 8.62. The first-order valence-electron chi connectivity index (χ1n) is 6.16. The molecule has 0 fully saturated rings. The van der Waals surface area contributed by atoms with Crippen LogP contribution in [0.4, 0.5) is 11.4 Å². The van der Waals surface area contributed by atoms with Gasteiger partial charge in [-0.2, -0.15) is 11.8 Å². The van der Waals surface area contributed by atoms with Crippen LogP contribution < -0.4 is 11.1 Å². The highest BCUT2D eigenvalue weighted by molar-refractivity contribution is 7.98. The molecule has 1 aromatic carbocycles. The lowest BCUT2D eigenvalue weighted by molar-refractivity contribution is -0.116. The molecule has 7 heteroatoms. The number of amides is 1. The van der Waals surface area contributed by atoms with E-state index in [2.05, 4.69) is 16.5 Å². The highest BCUT2D eigenvalue weighted by Crippen LogP contribution is 2.32. The third-order valence-corrected chi connectivity index (χ3v) is 3.91. The van der Waals surface area contributed by atoms with E-state index < -0.39 is 0 Å². The van der Waals surface area contributed by atoms with Gasteiger partial charge in [0.25, 0.3) is 0 Å². The maximum atomic E-state index is 11.9. The number of hydrogen-bond acceptors (Lipinski definition) is 4. The molecule has 3 N–H and O–H groups in total. The molecule has 0 spiro atoms. The Morgan fingerprint density at radius 3 is 2.50 bits per heavy atom. The average Bonchev–Trinajstić information content (AvgIpc) is 2.38. The van der Waals surface area contributed by atoms with Crippen LogP contribution in [0.1, 0.15) is 6.42 Å². The van der Waals surface area contributed by atoms with Crippen LogP contribution in [0.2, 0.25) is 10.0 Å².